The van der Waals surface area contributed by atoms with Crippen LogP contribution in [0.3, 0.4) is 0 Å². The van der Waals surface area contributed by atoms with Crippen molar-refractivity contribution < 1.29 is 17.9 Å². The van der Waals surface area contributed by atoms with Gasteiger partial charge in [0.2, 0.25) is 11.8 Å². The van der Waals surface area contributed by atoms with Gasteiger partial charge in [-0.25, -0.2) is 4.98 Å². The van der Waals surface area contributed by atoms with E-state index < -0.39 is 11.7 Å². The highest BCUT2D eigenvalue weighted by Gasteiger charge is 2.37. The number of hydrogen-bond donors (Lipinski definition) is 0. The summed E-state index contributed by atoms with van der Waals surface area (Å²) in [5.41, 5.74) is -0.147. The Morgan fingerprint density at radius 2 is 1.80 bits per heavy atom. The molecule has 0 radical (unpaired) electrons. The third-order valence-electron chi connectivity index (χ3n) is 4.14. The average molecular weight is 463 g/mol. The molecule has 0 spiro atoms. The van der Waals surface area contributed by atoms with Gasteiger partial charge in [-0.15, -0.1) is 0 Å². The summed E-state index contributed by atoms with van der Waals surface area (Å²) in [7, 11) is 1.71. The van der Waals surface area contributed by atoms with Crippen molar-refractivity contribution in [3.05, 3.63) is 39.6 Å². The third kappa shape index (κ3) is 4.34. The number of nitrogens with zero attached hydrogens (tertiary/aromatic N) is 3. The summed E-state index contributed by atoms with van der Waals surface area (Å²) < 4.78 is 46.4. The molecule has 0 atom stereocenters. The van der Waals surface area contributed by atoms with E-state index in [-0.39, 0.29) is 17.9 Å². The van der Waals surface area contributed by atoms with E-state index in [0.29, 0.717) is 0 Å². The second-order valence-electron chi connectivity index (χ2n) is 5.95. The van der Waals surface area contributed by atoms with E-state index in [9.17, 15) is 13.2 Å². The van der Waals surface area contributed by atoms with Crippen LogP contribution in [0.5, 0.6) is 5.88 Å². The molecule has 1 aromatic carbocycles. The first-order valence-electron chi connectivity index (χ1n) is 7.95. The van der Waals surface area contributed by atoms with Gasteiger partial charge in [0.1, 0.15) is 11.7 Å². The Labute approximate surface area is 157 Å². The molecule has 0 aliphatic heterocycles. The van der Waals surface area contributed by atoms with Gasteiger partial charge in [0.05, 0.1) is 0 Å². The summed E-state index contributed by atoms with van der Waals surface area (Å²) in [4.78, 5) is 9.60. The fourth-order valence-corrected chi connectivity index (χ4v) is 3.11. The molecule has 1 aliphatic rings. The Kier molecular flexibility index (Phi) is 5.35. The summed E-state index contributed by atoms with van der Waals surface area (Å²) in [5.74, 6) is -0.219. The van der Waals surface area contributed by atoms with Crippen molar-refractivity contribution >= 4 is 34.2 Å². The van der Waals surface area contributed by atoms with E-state index in [4.69, 9.17) is 4.74 Å². The topological polar surface area (TPSA) is 38.2 Å². The molecule has 1 aromatic heterocycles. The van der Waals surface area contributed by atoms with Crippen molar-refractivity contribution in [1.29, 1.82) is 0 Å². The van der Waals surface area contributed by atoms with Gasteiger partial charge in [-0.2, -0.15) is 18.2 Å². The van der Waals surface area contributed by atoms with Crippen LogP contribution in [0.2, 0.25) is 0 Å². The molecule has 3 rings (SSSR count). The number of halogens is 4. The van der Waals surface area contributed by atoms with Crippen molar-refractivity contribution in [3.63, 3.8) is 0 Å². The lowest BCUT2D eigenvalue weighted by Gasteiger charge is -2.21. The molecule has 0 unspecified atom stereocenters. The molecule has 8 heteroatoms. The number of hydrogen-bond acceptors (Lipinski definition) is 4. The summed E-state index contributed by atoms with van der Waals surface area (Å²) in [6, 6.07) is 7.54. The Hall–Kier alpha value is -1.58. The highest BCUT2D eigenvalue weighted by atomic mass is 127. The van der Waals surface area contributed by atoms with Crippen molar-refractivity contribution in [3.8, 4) is 5.88 Å². The second-order valence-corrected chi connectivity index (χ2v) is 7.19. The zero-order valence-corrected chi connectivity index (χ0v) is 15.7. The fraction of sp³-hybridized carbons (Fsp3) is 0.412. The summed E-state index contributed by atoms with van der Waals surface area (Å²) in [5, 5.41) is 0. The smallest absolute Gasteiger partial charge is 0.423 e. The number of anilines is 2. The number of ether oxygens (including phenoxy) is 1. The summed E-state index contributed by atoms with van der Waals surface area (Å²) in [6.45, 7) is 0. The molecule has 0 saturated heterocycles. The van der Waals surface area contributed by atoms with Crippen molar-refractivity contribution in [2.75, 3.05) is 11.9 Å². The molecule has 1 aliphatic carbocycles. The van der Waals surface area contributed by atoms with Gasteiger partial charge >= 0.3 is 6.18 Å². The number of aromatic nitrogens is 2. The number of benzene rings is 1. The minimum atomic E-state index is -4.55. The van der Waals surface area contributed by atoms with Crippen molar-refractivity contribution in [2.24, 2.45) is 0 Å². The van der Waals surface area contributed by atoms with Crippen LogP contribution in [-0.4, -0.2) is 23.1 Å². The van der Waals surface area contributed by atoms with Gasteiger partial charge in [0, 0.05) is 22.5 Å². The minimum absolute atomic E-state index is 0.169. The van der Waals surface area contributed by atoms with Crippen molar-refractivity contribution in [2.45, 2.75) is 38.0 Å². The van der Waals surface area contributed by atoms with Gasteiger partial charge < -0.3 is 9.64 Å². The molecule has 25 heavy (non-hydrogen) atoms. The zero-order chi connectivity index (χ0) is 18.0. The fourth-order valence-electron chi connectivity index (χ4n) is 2.75. The summed E-state index contributed by atoms with van der Waals surface area (Å²) >= 11 is 2.19. The van der Waals surface area contributed by atoms with Crippen LogP contribution in [0.1, 0.15) is 31.2 Å². The minimum Gasteiger partial charge on any atom is -0.474 e. The lowest BCUT2D eigenvalue weighted by molar-refractivity contribution is -0.139. The normalized spacial score (nSPS) is 15.4. The van der Waals surface area contributed by atoms with E-state index in [2.05, 4.69) is 32.6 Å². The zero-order valence-electron chi connectivity index (χ0n) is 13.6. The molecule has 1 heterocycles. The van der Waals surface area contributed by atoms with Crippen LogP contribution in [0.4, 0.5) is 24.8 Å². The molecule has 0 N–H and O–H groups in total. The Morgan fingerprint density at radius 3 is 2.40 bits per heavy atom. The van der Waals surface area contributed by atoms with Crippen LogP contribution < -0.4 is 9.64 Å². The Morgan fingerprint density at radius 1 is 1.16 bits per heavy atom. The standard InChI is InChI=1S/C17H17F3IN3O/c1-24(12-8-6-11(21)7-9-12)16-22-10-14(17(18,19)20)15(23-16)25-13-4-2-3-5-13/h6-10,13H,2-5H2,1H3. The van der Waals surface area contributed by atoms with Gasteiger partial charge in [-0.1, -0.05) is 0 Å². The maximum absolute atomic E-state index is 13.2. The largest absolute Gasteiger partial charge is 0.474 e. The van der Waals surface area contributed by atoms with Gasteiger partial charge in [0.15, 0.2) is 0 Å². The Balaban J connectivity index is 1.93. The molecule has 1 saturated carbocycles. The molecule has 1 fully saturated rings. The van der Waals surface area contributed by atoms with E-state index in [0.717, 1.165) is 41.1 Å². The molecule has 0 amide bonds. The van der Waals surface area contributed by atoms with Crippen molar-refractivity contribution in [1.82, 2.24) is 9.97 Å². The monoisotopic (exact) mass is 463 g/mol. The number of alkyl halides is 3. The first kappa shape index (κ1) is 18.2. The molecule has 0 bridgehead atoms. The molecule has 134 valence electrons. The van der Waals surface area contributed by atoms with Gasteiger partial charge in [-0.05, 0) is 72.5 Å². The van der Waals surface area contributed by atoms with E-state index in [1.807, 2.05) is 24.3 Å². The predicted molar refractivity (Wildman–Crippen MR) is 97.1 cm³/mol. The first-order chi connectivity index (χ1) is 11.8. The maximum atomic E-state index is 13.2. The third-order valence-corrected chi connectivity index (χ3v) is 4.86. The van der Waals surface area contributed by atoms with E-state index in [1.54, 1.807) is 11.9 Å². The summed E-state index contributed by atoms with van der Waals surface area (Å²) in [6.07, 6.45) is -0.525. The highest BCUT2D eigenvalue weighted by Crippen LogP contribution is 2.37. The molecular weight excluding hydrogens is 446 g/mol. The lowest BCUT2D eigenvalue weighted by Crippen LogP contribution is -2.20. The van der Waals surface area contributed by atoms with Crippen LogP contribution in [0.15, 0.2) is 30.5 Å². The van der Waals surface area contributed by atoms with Crippen LogP contribution in [-0.2, 0) is 6.18 Å². The Bertz CT molecular complexity index is 731. The average Bonchev–Trinajstić information content (AvgIpc) is 3.07. The number of rotatable bonds is 4. The quantitative estimate of drug-likeness (QED) is 0.586. The second kappa shape index (κ2) is 7.35. The van der Waals surface area contributed by atoms with E-state index >= 15 is 0 Å². The SMILES string of the molecule is CN(c1ccc(I)cc1)c1ncc(C(F)(F)F)c(OC2CCCC2)n1. The predicted octanol–water partition coefficient (Wildman–Crippen LogP) is 5.19. The highest BCUT2D eigenvalue weighted by molar-refractivity contribution is 14.1. The molecule has 2 aromatic rings. The van der Waals surface area contributed by atoms with Crippen LogP contribution in [0, 0.1) is 3.57 Å². The molecular formula is C17H17F3IN3O. The first-order valence-corrected chi connectivity index (χ1v) is 9.02. The van der Waals surface area contributed by atoms with E-state index in [1.165, 1.54) is 0 Å². The lowest BCUT2D eigenvalue weighted by atomic mass is 10.3. The molecule has 4 nitrogen and oxygen atoms in total. The van der Waals surface area contributed by atoms with Crippen LogP contribution in [0.25, 0.3) is 0 Å². The maximum Gasteiger partial charge on any atom is 0.423 e. The van der Waals surface area contributed by atoms with Gasteiger partial charge in [0.25, 0.3) is 0 Å². The van der Waals surface area contributed by atoms with Gasteiger partial charge in [-0.3, -0.25) is 0 Å². The van der Waals surface area contributed by atoms with Crippen LogP contribution >= 0.6 is 22.6 Å².